The molecule has 1 aliphatic heterocycles. The molecule has 0 spiro atoms. The molecule has 1 N–H and O–H groups in total. The van der Waals surface area contributed by atoms with Crippen LogP contribution in [0.15, 0.2) is 24.5 Å². The van der Waals surface area contributed by atoms with Crippen LogP contribution in [0.25, 0.3) is 0 Å². The maximum absolute atomic E-state index is 12.5. The van der Waals surface area contributed by atoms with E-state index in [1.54, 1.807) is 0 Å². The Hall–Kier alpha value is -2.21. The number of aromatic nitrogens is 3. The van der Waals surface area contributed by atoms with Crippen LogP contribution in [-0.2, 0) is 4.79 Å². The van der Waals surface area contributed by atoms with Crippen LogP contribution in [0.4, 0.5) is 5.69 Å². The van der Waals surface area contributed by atoms with E-state index in [2.05, 4.69) is 31.0 Å². The van der Waals surface area contributed by atoms with E-state index >= 15 is 0 Å². The minimum absolute atomic E-state index is 0.0583. The molecule has 0 bridgehead atoms. The van der Waals surface area contributed by atoms with Gasteiger partial charge in [-0.05, 0) is 63.3 Å². The summed E-state index contributed by atoms with van der Waals surface area (Å²) in [4.78, 5) is 14.8. The number of likely N-dealkylation sites (tertiary alicyclic amines) is 1. The van der Waals surface area contributed by atoms with E-state index in [1.807, 2.05) is 32.3 Å². The van der Waals surface area contributed by atoms with Crippen molar-refractivity contribution in [3.8, 4) is 0 Å². The maximum Gasteiger partial charge on any atom is 0.238 e. The first-order chi connectivity index (χ1) is 12.6. The molecular weight excluding hydrogens is 326 g/mol. The second-order valence-corrected chi connectivity index (χ2v) is 7.77. The number of nitrogens with one attached hydrogen (secondary N) is 1. The molecule has 6 nitrogen and oxygen atoms in total. The lowest BCUT2D eigenvalue weighted by molar-refractivity contribution is -0.117. The van der Waals surface area contributed by atoms with Gasteiger partial charge in [0.05, 0.1) is 6.54 Å². The highest BCUT2D eigenvalue weighted by Gasteiger charge is 2.31. The van der Waals surface area contributed by atoms with Crippen molar-refractivity contribution in [2.45, 2.75) is 51.5 Å². The molecule has 1 saturated heterocycles. The van der Waals surface area contributed by atoms with Gasteiger partial charge < -0.3 is 9.88 Å². The highest BCUT2D eigenvalue weighted by molar-refractivity contribution is 5.93. The Bertz CT molecular complexity index is 795. The third-order valence-electron chi connectivity index (χ3n) is 5.45. The number of nitrogens with zero attached hydrogens (tertiary/aromatic N) is 4. The lowest BCUT2D eigenvalue weighted by Gasteiger charge is -2.31. The van der Waals surface area contributed by atoms with Gasteiger partial charge in [0.1, 0.15) is 12.2 Å². The number of aryl methyl sites for hydroxylation is 2. The zero-order chi connectivity index (χ0) is 18.1. The number of rotatable bonds is 5. The molecule has 1 unspecified atom stereocenters. The lowest BCUT2D eigenvalue weighted by atomic mass is 9.97. The van der Waals surface area contributed by atoms with Crippen LogP contribution in [0.3, 0.4) is 0 Å². The second-order valence-electron chi connectivity index (χ2n) is 7.77. The minimum Gasteiger partial charge on any atom is -0.325 e. The molecule has 2 fully saturated rings. The van der Waals surface area contributed by atoms with Gasteiger partial charge >= 0.3 is 0 Å². The lowest BCUT2D eigenvalue weighted by Crippen LogP contribution is -2.40. The summed E-state index contributed by atoms with van der Waals surface area (Å²) in [7, 11) is 0. The van der Waals surface area contributed by atoms with Crippen molar-refractivity contribution in [2.24, 2.45) is 0 Å². The molecule has 2 heterocycles. The van der Waals surface area contributed by atoms with Gasteiger partial charge in [0.15, 0.2) is 0 Å². The average Bonchev–Trinajstić information content (AvgIpc) is 3.35. The first kappa shape index (κ1) is 17.2. The van der Waals surface area contributed by atoms with E-state index in [4.69, 9.17) is 0 Å². The largest absolute Gasteiger partial charge is 0.325 e. The molecule has 1 saturated carbocycles. The molecule has 1 aliphatic carbocycles. The molecule has 2 aromatic rings. The quantitative estimate of drug-likeness (QED) is 0.897. The van der Waals surface area contributed by atoms with Crippen LogP contribution in [0.1, 0.15) is 54.6 Å². The molecule has 1 amide bonds. The Morgan fingerprint density at radius 3 is 2.92 bits per heavy atom. The molecule has 0 radical (unpaired) electrons. The third-order valence-corrected chi connectivity index (χ3v) is 5.45. The van der Waals surface area contributed by atoms with E-state index in [0.717, 1.165) is 48.6 Å². The summed E-state index contributed by atoms with van der Waals surface area (Å²) in [6, 6.07) is 6.75. The number of hydrogen-bond acceptors (Lipinski definition) is 4. The Morgan fingerprint density at radius 1 is 1.27 bits per heavy atom. The second kappa shape index (κ2) is 7.19. The summed E-state index contributed by atoms with van der Waals surface area (Å²) >= 11 is 0. The highest BCUT2D eigenvalue weighted by Crippen LogP contribution is 2.38. The molecular formula is C20H27N5O. The standard InChI is InChI=1S/C20H27N5O/c1-14-5-6-15(2)18(10-14)22-19(26)12-24-9-3-4-16(11-24)20-23-21-13-25(20)17-7-8-17/h5-6,10,13,16-17H,3-4,7-9,11-12H2,1-2H3,(H,22,26). The van der Waals surface area contributed by atoms with Gasteiger partial charge in [0.2, 0.25) is 5.91 Å². The van der Waals surface area contributed by atoms with E-state index in [-0.39, 0.29) is 5.91 Å². The average molecular weight is 353 g/mol. The fraction of sp³-hybridized carbons (Fsp3) is 0.550. The number of benzene rings is 1. The van der Waals surface area contributed by atoms with E-state index in [1.165, 1.54) is 12.8 Å². The van der Waals surface area contributed by atoms with E-state index in [0.29, 0.717) is 18.5 Å². The van der Waals surface area contributed by atoms with Crippen molar-refractivity contribution < 1.29 is 4.79 Å². The smallest absolute Gasteiger partial charge is 0.238 e. The number of carbonyl (C=O) groups excluding carboxylic acids is 1. The fourth-order valence-corrected chi connectivity index (χ4v) is 3.85. The fourth-order valence-electron chi connectivity index (χ4n) is 3.85. The van der Waals surface area contributed by atoms with Gasteiger partial charge in [0, 0.05) is 24.2 Å². The topological polar surface area (TPSA) is 63.1 Å². The monoisotopic (exact) mass is 353 g/mol. The SMILES string of the molecule is Cc1ccc(C)c(NC(=O)CN2CCCC(c3nncn3C3CC3)C2)c1. The van der Waals surface area contributed by atoms with Crippen molar-refractivity contribution in [2.75, 3.05) is 25.0 Å². The first-order valence-corrected chi connectivity index (χ1v) is 9.59. The summed E-state index contributed by atoms with van der Waals surface area (Å²) < 4.78 is 2.25. The van der Waals surface area contributed by atoms with Gasteiger partial charge in [-0.3, -0.25) is 9.69 Å². The van der Waals surface area contributed by atoms with E-state index in [9.17, 15) is 4.79 Å². The number of carbonyl (C=O) groups is 1. The normalized spacial score (nSPS) is 20.9. The van der Waals surface area contributed by atoms with Gasteiger partial charge in [-0.1, -0.05) is 12.1 Å². The van der Waals surface area contributed by atoms with Gasteiger partial charge in [-0.2, -0.15) is 0 Å². The van der Waals surface area contributed by atoms with Crippen molar-refractivity contribution in [1.82, 2.24) is 19.7 Å². The van der Waals surface area contributed by atoms with Gasteiger partial charge in [-0.25, -0.2) is 0 Å². The van der Waals surface area contributed by atoms with Gasteiger partial charge in [0.25, 0.3) is 0 Å². The maximum atomic E-state index is 12.5. The Morgan fingerprint density at radius 2 is 2.12 bits per heavy atom. The van der Waals surface area contributed by atoms with Crippen molar-refractivity contribution >= 4 is 11.6 Å². The Labute approximate surface area is 154 Å². The number of amides is 1. The summed E-state index contributed by atoms with van der Waals surface area (Å²) in [6.45, 7) is 6.35. The van der Waals surface area contributed by atoms with E-state index < -0.39 is 0 Å². The molecule has 6 heteroatoms. The Balaban J connectivity index is 1.38. The van der Waals surface area contributed by atoms with Crippen LogP contribution in [0.5, 0.6) is 0 Å². The zero-order valence-electron chi connectivity index (χ0n) is 15.6. The van der Waals surface area contributed by atoms with Crippen LogP contribution in [-0.4, -0.2) is 45.2 Å². The van der Waals surface area contributed by atoms with Crippen LogP contribution < -0.4 is 5.32 Å². The predicted octanol–water partition coefficient (Wildman–Crippen LogP) is 3.05. The predicted molar refractivity (Wildman–Crippen MR) is 101 cm³/mol. The van der Waals surface area contributed by atoms with Crippen LogP contribution in [0.2, 0.25) is 0 Å². The first-order valence-electron chi connectivity index (χ1n) is 9.59. The number of anilines is 1. The summed E-state index contributed by atoms with van der Waals surface area (Å²) in [5.74, 6) is 1.54. The zero-order valence-corrected chi connectivity index (χ0v) is 15.6. The van der Waals surface area contributed by atoms with Crippen molar-refractivity contribution in [3.05, 3.63) is 41.5 Å². The van der Waals surface area contributed by atoms with Crippen molar-refractivity contribution in [3.63, 3.8) is 0 Å². The molecule has 26 heavy (non-hydrogen) atoms. The minimum atomic E-state index is 0.0583. The molecule has 1 aromatic heterocycles. The number of hydrogen-bond donors (Lipinski definition) is 1. The van der Waals surface area contributed by atoms with Crippen LogP contribution >= 0.6 is 0 Å². The molecule has 2 aliphatic rings. The summed E-state index contributed by atoms with van der Waals surface area (Å²) in [5.41, 5.74) is 3.17. The molecule has 4 rings (SSSR count). The number of piperidine rings is 1. The van der Waals surface area contributed by atoms with Gasteiger partial charge in [-0.15, -0.1) is 10.2 Å². The highest BCUT2D eigenvalue weighted by atomic mass is 16.2. The summed E-state index contributed by atoms with van der Waals surface area (Å²) in [6.07, 6.45) is 6.57. The van der Waals surface area contributed by atoms with Crippen LogP contribution in [0, 0.1) is 13.8 Å². The summed E-state index contributed by atoms with van der Waals surface area (Å²) in [5, 5.41) is 11.6. The molecule has 138 valence electrons. The Kier molecular flexibility index (Phi) is 4.76. The molecule has 1 atom stereocenters. The third kappa shape index (κ3) is 3.80. The molecule has 1 aromatic carbocycles. The van der Waals surface area contributed by atoms with Crippen molar-refractivity contribution in [1.29, 1.82) is 0 Å².